The second kappa shape index (κ2) is 7.27. The third-order valence-electron chi connectivity index (χ3n) is 4.38. The zero-order valence-electron chi connectivity index (χ0n) is 13.5. The first-order valence-corrected chi connectivity index (χ1v) is 8.16. The minimum absolute atomic E-state index is 0.0121. The molecule has 1 aliphatic heterocycles. The number of likely N-dealkylation sites (tertiary alicyclic amines) is 1. The van der Waals surface area contributed by atoms with E-state index in [0.717, 1.165) is 30.5 Å². The van der Waals surface area contributed by atoms with Crippen molar-refractivity contribution in [2.24, 2.45) is 16.5 Å². The monoisotopic (exact) mass is 322 g/mol. The first-order chi connectivity index (χ1) is 11.7. The zero-order chi connectivity index (χ0) is 16.9. The van der Waals surface area contributed by atoms with Crippen LogP contribution in [0.5, 0.6) is 0 Å². The van der Waals surface area contributed by atoms with Crippen molar-refractivity contribution in [2.45, 2.75) is 24.9 Å². The molecule has 0 bridgehead atoms. The molecule has 24 heavy (non-hydrogen) atoms. The molecule has 1 atom stereocenters. The first kappa shape index (κ1) is 16.2. The predicted octanol–water partition coefficient (Wildman–Crippen LogP) is 2.04. The van der Waals surface area contributed by atoms with E-state index in [2.05, 4.69) is 34.2 Å². The Morgan fingerprint density at radius 3 is 2.04 bits per heavy atom. The summed E-state index contributed by atoms with van der Waals surface area (Å²) < 4.78 is 0. The molecule has 2 aromatic carbocycles. The van der Waals surface area contributed by atoms with Gasteiger partial charge in [-0.3, -0.25) is 9.69 Å². The van der Waals surface area contributed by atoms with Crippen LogP contribution in [0.4, 0.5) is 0 Å². The Morgan fingerprint density at radius 2 is 1.54 bits per heavy atom. The number of rotatable bonds is 4. The van der Waals surface area contributed by atoms with Crippen LogP contribution in [0.1, 0.15) is 30.0 Å². The van der Waals surface area contributed by atoms with Crippen LogP contribution in [0.15, 0.2) is 65.7 Å². The molecule has 2 aromatic rings. The molecule has 1 unspecified atom stereocenters. The number of amides is 1. The number of benzene rings is 2. The van der Waals surface area contributed by atoms with Gasteiger partial charge in [-0.1, -0.05) is 60.7 Å². The number of hydrogen-bond acceptors (Lipinski definition) is 2. The Morgan fingerprint density at radius 1 is 1.00 bits per heavy atom. The van der Waals surface area contributed by atoms with Crippen molar-refractivity contribution >= 4 is 11.9 Å². The molecule has 4 N–H and O–H groups in total. The molecule has 0 radical (unpaired) electrons. The Balaban J connectivity index is 1.99. The van der Waals surface area contributed by atoms with Gasteiger partial charge in [-0.25, -0.2) is 0 Å². The van der Waals surface area contributed by atoms with Crippen LogP contribution in [-0.4, -0.2) is 29.4 Å². The number of nitrogens with zero attached hydrogens (tertiary/aromatic N) is 2. The van der Waals surface area contributed by atoms with Crippen molar-refractivity contribution in [3.63, 3.8) is 0 Å². The number of carbonyl (C=O) groups is 1. The molecule has 0 spiro atoms. The highest BCUT2D eigenvalue weighted by atomic mass is 16.2. The van der Waals surface area contributed by atoms with Crippen LogP contribution >= 0.6 is 0 Å². The number of guanidine groups is 1. The van der Waals surface area contributed by atoms with E-state index in [1.165, 1.54) is 0 Å². The van der Waals surface area contributed by atoms with Gasteiger partial charge in [0.05, 0.1) is 12.1 Å². The van der Waals surface area contributed by atoms with Gasteiger partial charge in [0.2, 0.25) is 0 Å². The first-order valence-electron chi connectivity index (χ1n) is 8.16. The van der Waals surface area contributed by atoms with Gasteiger partial charge in [0, 0.05) is 0 Å². The smallest absolute Gasteiger partial charge is 0.266 e. The lowest BCUT2D eigenvalue weighted by atomic mass is 9.96. The fraction of sp³-hybridized carbons (Fsp3) is 0.263. The van der Waals surface area contributed by atoms with Crippen molar-refractivity contribution in [1.29, 1.82) is 0 Å². The van der Waals surface area contributed by atoms with Crippen LogP contribution in [-0.2, 0) is 4.79 Å². The minimum Gasteiger partial charge on any atom is -0.370 e. The lowest BCUT2D eigenvalue weighted by molar-refractivity contribution is -0.122. The van der Waals surface area contributed by atoms with Crippen molar-refractivity contribution in [1.82, 2.24) is 4.90 Å². The van der Waals surface area contributed by atoms with Crippen LogP contribution in [0.2, 0.25) is 0 Å². The van der Waals surface area contributed by atoms with Gasteiger partial charge < -0.3 is 11.5 Å². The van der Waals surface area contributed by atoms with Gasteiger partial charge in [-0.2, -0.15) is 4.99 Å². The van der Waals surface area contributed by atoms with E-state index in [1.807, 2.05) is 36.4 Å². The summed E-state index contributed by atoms with van der Waals surface area (Å²) in [6, 6.07) is 20.2. The average Bonchev–Trinajstić information content (AvgIpc) is 3.06. The van der Waals surface area contributed by atoms with Crippen molar-refractivity contribution in [3.8, 4) is 0 Å². The molecule has 0 saturated carbocycles. The molecular formula is C19H22N4O. The summed E-state index contributed by atoms with van der Waals surface area (Å²) in [5.74, 6) is -0.438. The van der Waals surface area contributed by atoms with Crippen molar-refractivity contribution in [2.75, 3.05) is 6.54 Å². The average molecular weight is 322 g/mol. The molecule has 1 aliphatic rings. The summed E-state index contributed by atoms with van der Waals surface area (Å²) in [6.45, 7) is 0.838. The molecular weight excluding hydrogens is 300 g/mol. The maximum absolute atomic E-state index is 12.4. The summed E-state index contributed by atoms with van der Waals surface area (Å²) in [7, 11) is 0. The fourth-order valence-electron chi connectivity index (χ4n) is 3.41. The second-order valence-corrected chi connectivity index (χ2v) is 5.99. The van der Waals surface area contributed by atoms with Crippen LogP contribution in [0.25, 0.3) is 0 Å². The highest BCUT2D eigenvalue weighted by Gasteiger charge is 2.36. The van der Waals surface area contributed by atoms with E-state index in [-0.39, 0.29) is 24.0 Å². The topological polar surface area (TPSA) is 84.7 Å². The van der Waals surface area contributed by atoms with Gasteiger partial charge in [-0.05, 0) is 30.5 Å². The lowest BCUT2D eigenvalue weighted by Gasteiger charge is -2.32. The van der Waals surface area contributed by atoms with Crippen molar-refractivity contribution in [3.05, 3.63) is 71.8 Å². The molecule has 0 aliphatic carbocycles. The third kappa shape index (κ3) is 3.46. The van der Waals surface area contributed by atoms with Crippen molar-refractivity contribution < 1.29 is 4.79 Å². The maximum Gasteiger partial charge on any atom is 0.266 e. The van der Waals surface area contributed by atoms with Gasteiger partial charge in [0.25, 0.3) is 5.91 Å². The summed E-state index contributed by atoms with van der Waals surface area (Å²) in [5.41, 5.74) is 13.1. The molecule has 1 amide bonds. The number of aliphatic imine (C=N–C) groups is 1. The highest BCUT2D eigenvalue weighted by molar-refractivity contribution is 5.94. The van der Waals surface area contributed by atoms with Crippen LogP contribution in [0, 0.1) is 0 Å². The standard InChI is InChI=1S/C19H22N4O/c20-19(21)22-18(24)16-12-7-13-23(16)17(14-8-3-1-4-9-14)15-10-5-2-6-11-15/h1-6,8-11,16-17H,7,12-13H2,(H4,20,21,22,24). The quantitative estimate of drug-likeness (QED) is 0.666. The van der Waals surface area contributed by atoms with E-state index in [0.29, 0.717) is 0 Å². The zero-order valence-corrected chi connectivity index (χ0v) is 13.5. The molecule has 1 fully saturated rings. The van der Waals surface area contributed by atoms with E-state index < -0.39 is 0 Å². The Labute approximate surface area is 142 Å². The van der Waals surface area contributed by atoms with Crippen LogP contribution in [0.3, 0.4) is 0 Å². The maximum atomic E-state index is 12.4. The summed E-state index contributed by atoms with van der Waals surface area (Å²) >= 11 is 0. The summed E-state index contributed by atoms with van der Waals surface area (Å²) in [5, 5.41) is 0. The van der Waals surface area contributed by atoms with Crippen LogP contribution < -0.4 is 11.5 Å². The normalized spacial score (nSPS) is 17.8. The minimum atomic E-state index is -0.294. The highest BCUT2D eigenvalue weighted by Crippen LogP contribution is 2.35. The predicted molar refractivity (Wildman–Crippen MR) is 95.3 cm³/mol. The van der Waals surface area contributed by atoms with Gasteiger partial charge in [0.1, 0.15) is 0 Å². The van der Waals surface area contributed by atoms with Gasteiger partial charge in [0.15, 0.2) is 5.96 Å². The number of carbonyl (C=O) groups excluding carboxylic acids is 1. The molecule has 3 rings (SSSR count). The largest absolute Gasteiger partial charge is 0.370 e. The van der Waals surface area contributed by atoms with E-state index in [4.69, 9.17) is 11.5 Å². The number of nitrogens with two attached hydrogens (primary N) is 2. The summed E-state index contributed by atoms with van der Waals surface area (Å²) in [4.78, 5) is 18.4. The van der Waals surface area contributed by atoms with Gasteiger partial charge >= 0.3 is 0 Å². The Hall–Kier alpha value is -2.66. The number of hydrogen-bond donors (Lipinski definition) is 2. The molecule has 5 nitrogen and oxygen atoms in total. The molecule has 5 heteroatoms. The SMILES string of the molecule is NC(N)=NC(=O)C1CCCN1C(c1ccccc1)c1ccccc1. The second-order valence-electron chi connectivity index (χ2n) is 5.99. The van der Waals surface area contributed by atoms with E-state index in [1.54, 1.807) is 0 Å². The van der Waals surface area contributed by atoms with E-state index in [9.17, 15) is 4.79 Å². The lowest BCUT2D eigenvalue weighted by Crippen LogP contribution is -2.40. The molecule has 1 heterocycles. The molecule has 1 saturated heterocycles. The fourth-order valence-corrected chi connectivity index (χ4v) is 3.41. The Kier molecular flexibility index (Phi) is 4.91. The van der Waals surface area contributed by atoms with Gasteiger partial charge in [-0.15, -0.1) is 0 Å². The molecule has 0 aromatic heterocycles. The Bertz CT molecular complexity index is 671. The molecule has 124 valence electrons. The third-order valence-corrected chi connectivity index (χ3v) is 4.38. The summed E-state index contributed by atoms with van der Waals surface area (Å²) in [6.07, 6.45) is 1.72. The van der Waals surface area contributed by atoms with E-state index >= 15 is 0 Å².